The number of amides is 1. The highest BCUT2D eigenvalue weighted by Crippen LogP contribution is 2.44. The van der Waals surface area contributed by atoms with Gasteiger partial charge in [-0.3, -0.25) is 0 Å². The maximum Gasteiger partial charge on any atom is 0.360 e. The summed E-state index contributed by atoms with van der Waals surface area (Å²) in [7, 11) is 0. The van der Waals surface area contributed by atoms with Gasteiger partial charge in [0.15, 0.2) is 17.6 Å². The molecule has 10 nitrogen and oxygen atoms in total. The predicted molar refractivity (Wildman–Crippen MR) is 94.9 cm³/mol. The molecule has 5 atom stereocenters. The second-order valence-electron chi connectivity index (χ2n) is 6.35. The van der Waals surface area contributed by atoms with Crippen LogP contribution in [0.25, 0.3) is 0 Å². The fourth-order valence-corrected chi connectivity index (χ4v) is 3.44. The van der Waals surface area contributed by atoms with Gasteiger partial charge in [0.2, 0.25) is 12.6 Å². The van der Waals surface area contributed by atoms with Crippen molar-refractivity contribution in [3.05, 3.63) is 42.2 Å². The van der Waals surface area contributed by atoms with E-state index in [-0.39, 0.29) is 17.3 Å². The highest BCUT2D eigenvalue weighted by molar-refractivity contribution is 6.15. The normalized spacial score (nSPS) is 31.8. The van der Waals surface area contributed by atoms with Crippen LogP contribution in [0, 0.1) is 0 Å². The third kappa shape index (κ3) is 2.46. The molecule has 0 saturated carbocycles. The first-order valence-corrected chi connectivity index (χ1v) is 8.27. The first-order chi connectivity index (χ1) is 13.0. The standard InChI is InChI=1S/C17H18N5O5/c18-14-11-15(20-7-19-14)22(8-21-11,16(26)9-4-2-1-3-5-9)17-13(25)12(24)10(6-23)27-17/h1-5,7-8,10,12-13,17,23-25H,6H2,(H2,18,19,20)/q+1/t10-,12-,13-,17-,22+/m1/s1. The smallest absolute Gasteiger partial charge is 0.360 e. The quantitative estimate of drug-likeness (QED) is 0.517. The Morgan fingerprint density at radius 1 is 1.19 bits per heavy atom. The summed E-state index contributed by atoms with van der Waals surface area (Å²) in [5, 5.41) is 30.2. The number of nitrogens with zero attached hydrogens (tertiary/aromatic N) is 4. The number of aliphatic imine (C=N–C) groups is 1. The summed E-state index contributed by atoms with van der Waals surface area (Å²) in [6, 6.07) is 8.38. The molecule has 0 unspecified atom stereocenters. The Morgan fingerprint density at radius 2 is 1.93 bits per heavy atom. The zero-order chi connectivity index (χ0) is 19.2. The van der Waals surface area contributed by atoms with E-state index in [1.54, 1.807) is 30.3 Å². The van der Waals surface area contributed by atoms with Crippen LogP contribution in [0.1, 0.15) is 10.4 Å². The molecule has 0 bridgehead atoms. The summed E-state index contributed by atoms with van der Waals surface area (Å²) in [5.41, 5.74) is 6.39. The second kappa shape index (κ2) is 6.44. The lowest BCUT2D eigenvalue weighted by atomic mass is 10.1. The molecule has 5 N–H and O–H groups in total. The molecular weight excluding hydrogens is 354 g/mol. The Bertz CT molecular complexity index is 908. The van der Waals surface area contributed by atoms with Crippen LogP contribution in [0.3, 0.4) is 0 Å². The number of hydrogen-bond acceptors (Lipinski definition) is 9. The molecule has 0 aliphatic carbocycles. The second-order valence-corrected chi connectivity index (χ2v) is 6.35. The van der Waals surface area contributed by atoms with E-state index < -0.39 is 41.5 Å². The van der Waals surface area contributed by atoms with Crippen molar-refractivity contribution in [3.8, 4) is 0 Å². The zero-order valence-corrected chi connectivity index (χ0v) is 14.1. The van der Waals surface area contributed by atoms with Gasteiger partial charge in [0.25, 0.3) is 5.82 Å². The van der Waals surface area contributed by atoms with Crippen LogP contribution in [-0.2, 0) is 4.74 Å². The number of aliphatic hydroxyl groups excluding tert-OH is 3. The number of carbonyl (C=O) groups excluding carboxylic acids is 1. The molecule has 2 aliphatic heterocycles. The SMILES string of the molecule is Nc1ncnc2c1N=C[N@+]2(C(=O)c1ccccc1)[C@@H]1O[C@H](CO)[C@@H](O)[C@H]1O. The van der Waals surface area contributed by atoms with Crippen molar-refractivity contribution >= 4 is 29.6 Å². The van der Waals surface area contributed by atoms with Crippen LogP contribution in [0.15, 0.2) is 41.7 Å². The number of anilines is 1. The minimum atomic E-state index is -1.47. The van der Waals surface area contributed by atoms with E-state index in [9.17, 15) is 20.1 Å². The van der Waals surface area contributed by atoms with Crippen molar-refractivity contribution in [2.45, 2.75) is 24.5 Å². The van der Waals surface area contributed by atoms with E-state index in [0.29, 0.717) is 5.56 Å². The zero-order valence-electron chi connectivity index (χ0n) is 14.1. The van der Waals surface area contributed by atoms with Gasteiger partial charge in [-0.2, -0.15) is 9.98 Å². The van der Waals surface area contributed by atoms with E-state index in [0.717, 1.165) is 0 Å². The number of quaternary nitrogens is 1. The molecule has 2 aromatic rings. The van der Waals surface area contributed by atoms with E-state index in [1.807, 2.05) is 0 Å². The summed E-state index contributed by atoms with van der Waals surface area (Å²) >= 11 is 0. The van der Waals surface area contributed by atoms with Crippen LogP contribution >= 0.6 is 0 Å². The van der Waals surface area contributed by atoms with E-state index in [4.69, 9.17) is 10.5 Å². The summed E-state index contributed by atoms with van der Waals surface area (Å²) in [6.07, 6.45) is -2.72. The average molecular weight is 372 g/mol. The van der Waals surface area contributed by atoms with Gasteiger partial charge < -0.3 is 25.8 Å². The largest absolute Gasteiger partial charge is 0.394 e. The number of aromatic nitrogens is 2. The third-order valence-electron chi connectivity index (χ3n) is 4.83. The fourth-order valence-electron chi connectivity index (χ4n) is 3.44. The number of nitrogens with two attached hydrogens (primary N) is 1. The summed E-state index contributed by atoms with van der Waals surface area (Å²) < 4.78 is 4.94. The van der Waals surface area contributed by atoms with Crippen molar-refractivity contribution in [1.29, 1.82) is 0 Å². The van der Waals surface area contributed by atoms with Crippen LogP contribution < -0.4 is 10.2 Å². The topological polar surface area (TPSA) is 151 Å². The Morgan fingerprint density at radius 3 is 2.59 bits per heavy atom. The monoisotopic (exact) mass is 372 g/mol. The molecule has 4 rings (SSSR count). The number of nitrogen functional groups attached to an aromatic ring is 1. The Hall–Kier alpha value is -2.76. The van der Waals surface area contributed by atoms with Gasteiger partial charge in [-0.1, -0.05) is 18.2 Å². The molecule has 1 fully saturated rings. The van der Waals surface area contributed by atoms with Gasteiger partial charge in [-0.25, -0.2) is 9.78 Å². The van der Waals surface area contributed by atoms with Crippen molar-refractivity contribution in [1.82, 2.24) is 14.5 Å². The van der Waals surface area contributed by atoms with E-state index in [2.05, 4.69) is 15.0 Å². The van der Waals surface area contributed by atoms with Gasteiger partial charge in [0.05, 0.1) is 12.2 Å². The Labute approximate surface area is 153 Å². The number of fused-ring (bicyclic) bond motifs is 1. The van der Waals surface area contributed by atoms with Crippen LogP contribution in [0.5, 0.6) is 0 Å². The number of rotatable bonds is 3. The average Bonchev–Trinajstić information content (AvgIpc) is 3.22. The third-order valence-corrected chi connectivity index (χ3v) is 4.83. The Kier molecular flexibility index (Phi) is 4.21. The summed E-state index contributed by atoms with van der Waals surface area (Å²) in [6.45, 7) is -0.524. The van der Waals surface area contributed by atoms with Gasteiger partial charge in [0.1, 0.15) is 18.5 Å². The number of aliphatic hydroxyl groups is 3. The molecule has 140 valence electrons. The van der Waals surface area contributed by atoms with Crippen LogP contribution in [0.2, 0.25) is 0 Å². The number of ether oxygens (including phenoxy) is 1. The predicted octanol–water partition coefficient (Wildman–Crippen LogP) is -0.681. The lowest BCUT2D eigenvalue weighted by molar-refractivity contribution is -0.0586. The lowest BCUT2D eigenvalue weighted by Crippen LogP contribution is -2.63. The van der Waals surface area contributed by atoms with Gasteiger partial charge in [-0.05, 0) is 12.1 Å². The van der Waals surface area contributed by atoms with Crippen molar-refractivity contribution in [2.75, 3.05) is 12.3 Å². The molecule has 1 saturated heterocycles. The molecule has 10 heteroatoms. The van der Waals surface area contributed by atoms with Crippen molar-refractivity contribution in [3.63, 3.8) is 0 Å². The van der Waals surface area contributed by atoms with Gasteiger partial charge in [-0.15, -0.1) is 4.48 Å². The molecule has 2 aliphatic rings. The van der Waals surface area contributed by atoms with E-state index in [1.165, 1.54) is 12.7 Å². The van der Waals surface area contributed by atoms with Gasteiger partial charge >= 0.3 is 5.91 Å². The molecule has 27 heavy (non-hydrogen) atoms. The maximum absolute atomic E-state index is 13.5. The molecule has 1 aromatic carbocycles. The number of benzene rings is 1. The molecular formula is C17H18N5O5+. The minimum Gasteiger partial charge on any atom is -0.394 e. The van der Waals surface area contributed by atoms with Crippen LogP contribution in [0.4, 0.5) is 17.3 Å². The summed E-state index contributed by atoms with van der Waals surface area (Å²) in [4.78, 5) is 25.8. The molecule has 1 amide bonds. The number of hydrogen-bond donors (Lipinski definition) is 4. The van der Waals surface area contributed by atoms with Crippen LogP contribution in [-0.4, -0.2) is 68.7 Å². The van der Waals surface area contributed by atoms with Gasteiger partial charge in [0, 0.05) is 0 Å². The lowest BCUT2D eigenvalue weighted by Gasteiger charge is -2.33. The van der Waals surface area contributed by atoms with Crippen molar-refractivity contribution in [2.24, 2.45) is 4.99 Å². The first kappa shape index (κ1) is 17.6. The molecule has 0 radical (unpaired) electrons. The van der Waals surface area contributed by atoms with E-state index >= 15 is 0 Å². The maximum atomic E-state index is 13.5. The highest BCUT2D eigenvalue weighted by Gasteiger charge is 2.61. The van der Waals surface area contributed by atoms with Crippen molar-refractivity contribution < 1.29 is 24.9 Å². The number of carbonyl (C=O) groups is 1. The summed E-state index contributed by atoms with van der Waals surface area (Å²) in [5.74, 6) is -0.277. The fraction of sp³-hybridized carbons (Fsp3) is 0.294. The molecule has 0 spiro atoms. The highest BCUT2D eigenvalue weighted by atomic mass is 16.6. The Balaban J connectivity index is 1.90. The molecule has 1 aromatic heterocycles. The molecule has 3 heterocycles. The first-order valence-electron chi connectivity index (χ1n) is 8.27. The minimum absolute atomic E-state index is 0.0730.